The Labute approximate surface area is 194 Å². The van der Waals surface area contributed by atoms with Gasteiger partial charge in [0.2, 0.25) is 5.91 Å². The molecule has 0 fully saturated rings. The highest BCUT2D eigenvalue weighted by Gasteiger charge is 2.20. The van der Waals surface area contributed by atoms with E-state index in [2.05, 4.69) is 0 Å². The molecule has 1 amide bonds. The molecule has 0 aliphatic heterocycles. The van der Waals surface area contributed by atoms with E-state index in [1.807, 2.05) is 85.8 Å². The van der Waals surface area contributed by atoms with Crippen molar-refractivity contribution in [1.29, 1.82) is 0 Å². The van der Waals surface area contributed by atoms with Crippen LogP contribution in [0.4, 0.5) is 0 Å². The van der Waals surface area contributed by atoms with Gasteiger partial charge < -0.3 is 19.5 Å². The zero-order chi connectivity index (χ0) is 23.6. The number of benzene rings is 3. The van der Waals surface area contributed by atoms with Crippen molar-refractivity contribution >= 4 is 11.9 Å². The molecule has 0 saturated heterocycles. The van der Waals surface area contributed by atoms with Gasteiger partial charge in [0.1, 0.15) is 31.3 Å². The average Bonchev–Trinajstić information content (AvgIpc) is 2.82. The number of nitrogens with zero attached hydrogens (tertiary/aromatic N) is 1. The van der Waals surface area contributed by atoms with Crippen LogP contribution in [0.3, 0.4) is 0 Å². The molecule has 0 heterocycles. The Kier molecular flexibility index (Phi) is 8.47. The molecule has 3 aromatic carbocycles. The standard InChI is InChI=1S/C27H29NO5/c1-20(15-26(29)28(2)17-27(30)31)24-14-13-23(32-18-21-9-5-3-6-10-21)16-25(24)33-19-22-11-7-4-8-12-22/h3-14,16,20H,15,17-19H2,1-2H3,(H,30,31). The summed E-state index contributed by atoms with van der Waals surface area (Å²) in [5.41, 5.74) is 2.97. The van der Waals surface area contributed by atoms with Crippen LogP contribution in [-0.2, 0) is 22.8 Å². The average molecular weight is 448 g/mol. The van der Waals surface area contributed by atoms with Gasteiger partial charge in [0.05, 0.1) is 0 Å². The molecule has 33 heavy (non-hydrogen) atoms. The van der Waals surface area contributed by atoms with Crippen LogP contribution in [0, 0.1) is 0 Å². The zero-order valence-electron chi connectivity index (χ0n) is 18.9. The van der Waals surface area contributed by atoms with Gasteiger partial charge in [-0.2, -0.15) is 0 Å². The second kappa shape index (κ2) is 11.7. The Morgan fingerprint density at radius 2 is 1.45 bits per heavy atom. The Morgan fingerprint density at radius 1 is 0.879 bits per heavy atom. The van der Waals surface area contributed by atoms with E-state index in [0.717, 1.165) is 16.7 Å². The maximum absolute atomic E-state index is 12.5. The quantitative estimate of drug-likeness (QED) is 0.453. The van der Waals surface area contributed by atoms with Gasteiger partial charge in [-0.05, 0) is 28.7 Å². The van der Waals surface area contributed by atoms with Gasteiger partial charge in [0, 0.05) is 19.5 Å². The van der Waals surface area contributed by atoms with E-state index in [1.165, 1.54) is 11.9 Å². The van der Waals surface area contributed by atoms with Crippen molar-refractivity contribution < 1.29 is 24.2 Å². The van der Waals surface area contributed by atoms with Crippen LogP contribution in [0.1, 0.15) is 36.0 Å². The van der Waals surface area contributed by atoms with Crippen LogP contribution < -0.4 is 9.47 Å². The van der Waals surface area contributed by atoms with Gasteiger partial charge in [-0.3, -0.25) is 9.59 Å². The first-order valence-electron chi connectivity index (χ1n) is 10.9. The molecule has 172 valence electrons. The van der Waals surface area contributed by atoms with Gasteiger partial charge >= 0.3 is 5.97 Å². The Morgan fingerprint density at radius 3 is 2.03 bits per heavy atom. The maximum atomic E-state index is 12.5. The van der Waals surface area contributed by atoms with Gasteiger partial charge in [-0.1, -0.05) is 73.7 Å². The predicted molar refractivity (Wildman–Crippen MR) is 126 cm³/mol. The van der Waals surface area contributed by atoms with Crippen LogP contribution in [-0.4, -0.2) is 35.5 Å². The first kappa shape index (κ1) is 23.9. The first-order valence-corrected chi connectivity index (χ1v) is 10.9. The monoisotopic (exact) mass is 447 g/mol. The van der Waals surface area contributed by atoms with Crippen molar-refractivity contribution in [2.75, 3.05) is 13.6 Å². The first-order chi connectivity index (χ1) is 15.9. The van der Waals surface area contributed by atoms with Crippen molar-refractivity contribution in [2.45, 2.75) is 32.5 Å². The number of amides is 1. The molecule has 6 heteroatoms. The second-order valence-electron chi connectivity index (χ2n) is 8.00. The van der Waals surface area contributed by atoms with Crippen LogP contribution in [0.2, 0.25) is 0 Å². The number of carbonyl (C=O) groups is 2. The molecule has 0 aliphatic rings. The Bertz CT molecular complexity index is 1050. The summed E-state index contributed by atoms with van der Waals surface area (Å²) in [6, 6.07) is 25.4. The highest BCUT2D eigenvalue weighted by atomic mass is 16.5. The van der Waals surface area contributed by atoms with Gasteiger partial charge in [0.25, 0.3) is 0 Å². The molecule has 0 aliphatic carbocycles. The largest absolute Gasteiger partial charge is 0.489 e. The van der Waals surface area contributed by atoms with E-state index in [4.69, 9.17) is 14.6 Å². The molecule has 0 bridgehead atoms. The molecule has 3 rings (SSSR count). The molecule has 3 aromatic rings. The predicted octanol–water partition coefficient (Wildman–Crippen LogP) is 4.88. The number of likely N-dealkylation sites (N-methyl/N-ethyl adjacent to an activating group) is 1. The SMILES string of the molecule is CC(CC(=O)N(C)CC(=O)O)c1ccc(OCc2ccccc2)cc1OCc1ccccc1. The number of carboxylic acids is 1. The normalized spacial score (nSPS) is 11.5. The minimum Gasteiger partial charge on any atom is -0.489 e. The van der Waals surface area contributed by atoms with Crippen LogP contribution in [0.5, 0.6) is 11.5 Å². The van der Waals surface area contributed by atoms with Gasteiger partial charge in [-0.15, -0.1) is 0 Å². The third kappa shape index (κ3) is 7.38. The highest BCUT2D eigenvalue weighted by Crippen LogP contribution is 2.33. The van der Waals surface area contributed by atoms with Crippen LogP contribution in [0.25, 0.3) is 0 Å². The highest BCUT2D eigenvalue weighted by molar-refractivity contribution is 5.81. The summed E-state index contributed by atoms with van der Waals surface area (Å²) < 4.78 is 12.1. The summed E-state index contributed by atoms with van der Waals surface area (Å²) in [4.78, 5) is 24.6. The number of rotatable bonds is 11. The fourth-order valence-electron chi connectivity index (χ4n) is 3.43. The molecule has 6 nitrogen and oxygen atoms in total. The van der Waals surface area contributed by atoms with Crippen LogP contribution in [0.15, 0.2) is 78.9 Å². The lowest BCUT2D eigenvalue weighted by atomic mass is 9.96. The van der Waals surface area contributed by atoms with Crippen molar-refractivity contribution in [1.82, 2.24) is 4.90 Å². The molecule has 0 radical (unpaired) electrons. The van der Waals surface area contributed by atoms with E-state index in [1.54, 1.807) is 0 Å². The molecule has 0 aromatic heterocycles. The minimum absolute atomic E-state index is 0.164. The fourth-order valence-corrected chi connectivity index (χ4v) is 3.43. The topological polar surface area (TPSA) is 76.1 Å². The molecule has 0 spiro atoms. The molecular weight excluding hydrogens is 418 g/mol. The lowest BCUT2D eigenvalue weighted by Gasteiger charge is -2.21. The zero-order valence-corrected chi connectivity index (χ0v) is 18.9. The van der Waals surface area contributed by atoms with Crippen molar-refractivity contribution in [3.05, 3.63) is 95.6 Å². The number of ether oxygens (including phenoxy) is 2. The van der Waals surface area contributed by atoms with Gasteiger partial charge in [0.15, 0.2) is 0 Å². The van der Waals surface area contributed by atoms with Crippen molar-refractivity contribution in [3.8, 4) is 11.5 Å². The lowest BCUT2D eigenvalue weighted by molar-refractivity contribution is -0.143. The van der Waals surface area contributed by atoms with E-state index >= 15 is 0 Å². The summed E-state index contributed by atoms with van der Waals surface area (Å²) in [6.07, 6.45) is 0.176. The maximum Gasteiger partial charge on any atom is 0.323 e. The number of carboxylic acid groups (broad SMARTS) is 1. The minimum atomic E-state index is -1.04. The van der Waals surface area contributed by atoms with Crippen molar-refractivity contribution in [2.24, 2.45) is 0 Å². The molecule has 1 atom stereocenters. The third-order valence-electron chi connectivity index (χ3n) is 5.28. The summed E-state index contributed by atoms with van der Waals surface area (Å²) in [6.45, 7) is 2.43. The number of hydrogen-bond acceptors (Lipinski definition) is 4. The molecule has 1 N–H and O–H groups in total. The van der Waals surface area contributed by atoms with Gasteiger partial charge in [-0.25, -0.2) is 0 Å². The molecular formula is C27H29NO5. The van der Waals surface area contributed by atoms with Crippen molar-refractivity contribution in [3.63, 3.8) is 0 Å². The summed E-state index contributed by atoms with van der Waals surface area (Å²) in [5.74, 6) is -0.117. The Balaban J connectivity index is 1.76. The summed E-state index contributed by atoms with van der Waals surface area (Å²) in [5, 5.41) is 8.94. The number of hydrogen-bond donors (Lipinski definition) is 1. The van der Waals surface area contributed by atoms with E-state index in [9.17, 15) is 9.59 Å². The molecule has 1 unspecified atom stereocenters. The Hall–Kier alpha value is -3.80. The smallest absolute Gasteiger partial charge is 0.323 e. The fraction of sp³-hybridized carbons (Fsp3) is 0.259. The number of carbonyl (C=O) groups excluding carboxylic acids is 1. The third-order valence-corrected chi connectivity index (χ3v) is 5.28. The molecule has 0 saturated carbocycles. The second-order valence-corrected chi connectivity index (χ2v) is 8.00. The number of aliphatic carboxylic acids is 1. The van der Waals surface area contributed by atoms with E-state index < -0.39 is 5.97 Å². The van der Waals surface area contributed by atoms with E-state index in [0.29, 0.717) is 24.7 Å². The van der Waals surface area contributed by atoms with Crippen LogP contribution >= 0.6 is 0 Å². The summed E-state index contributed by atoms with van der Waals surface area (Å²) >= 11 is 0. The van der Waals surface area contributed by atoms with E-state index in [-0.39, 0.29) is 24.8 Å². The lowest BCUT2D eigenvalue weighted by Crippen LogP contribution is -2.32. The summed E-state index contributed by atoms with van der Waals surface area (Å²) in [7, 11) is 1.50.